The Balaban J connectivity index is 1.93. The molecule has 146 valence electrons. The Morgan fingerprint density at radius 1 is 1.21 bits per heavy atom. The van der Waals surface area contributed by atoms with Gasteiger partial charge in [-0.1, -0.05) is 36.7 Å². The first-order valence-electron chi connectivity index (χ1n) is 8.91. The van der Waals surface area contributed by atoms with Gasteiger partial charge in [-0.15, -0.1) is 0 Å². The number of carbonyl (C=O) groups excluding carboxylic acids is 2. The summed E-state index contributed by atoms with van der Waals surface area (Å²) < 4.78 is 11.2. The van der Waals surface area contributed by atoms with Crippen LogP contribution in [0.4, 0.5) is 5.69 Å². The molecule has 1 fully saturated rings. The summed E-state index contributed by atoms with van der Waals surface area (Å²) in [5.41, 5.74) is 3.72. The average molecular weight is 401 g/mol. The van der Waals surface area contributed by atoms with Crippen molar-refractivity contribution in [2.75, 3.05) is 12.1 Å². The zero-order valence-corrected chi connectivity index (χ0v) is 16.6. The van der Waals surface area contributed by atoms with E-state index in [-0.39, 0.29) is 11.7 Å². The molecule has 1 unspecified atom stereocenters. The molecular formula is C21H21ClN2O4. The van der Waals surface area contributed by atoms with E-state index in [1.54, 1.807) is 36.4 Å². The first kappa shape index (κ1) is 19.8. The van der Waals surface area contributed by atoms with Crippen molar-refractivity contribution in [2.24, 2.45) is 0 Å². The zero-order chi connectivity index (χ0) is 20.3. The van der Waals surface area contributed by atoms with E-state index in [2.05, 4.69) is 5.43 Å². The molecule has 7 heteroatoms. The topological polar surface area (TPSA) is 67.9 Å². The van der Waals surface area contributed by atoms with Gasteiger partial charge in [0.15, 0.2) is 11.5 Å². The van der Waals surface area contributed by atoms with E-state index in [0.29, 0.717) is 27.8 Å². The maximum absolute atomic E-state index is 12.7. The number of hydrogen-bond acceptors (Lipinski definition) is 4. The Labute approximate surface area is 168 Å². The van der Waals surface area contributed by atoms with Crippen LogP contribution in [0.5, 0.6) is 11.5 Å². The minimum absolute atomic E-state index is 0.0116. The van der Waals surface area contributed by atoms with E-state index >= 15 is 0 Å². The summed E-state index contributed by atoms with van der Waals surface area (Å²) in [7, 11) is 1.51. The fraction of sp³-hybridized carbons (Fsp3) is 0.238. The molecule has 0 bridgehead atoms. The van der Waals surface area contributed by atoms with Crippen LogP contribution in [0, 0.1) is 0 Å². The Bertz CT molecular complexity index is 928. The van der Waals surface area contributed by atoms with Gasteiger partial charge < -0.3 is 9.47 Å². The fourth-order valence-electron chi connectivity index (χ4n) is 2.70. The molecule has 1 N–H and O–H groups in total. The highest BCUT2D eigenvalue weighted by molar-refractivity contribution is 6.33. The third-order valence-corrected chi connectivity index (χ3v) is 4.64. The molecule has 0 saturated carbocycles. The number of carbonyl (C=O) groups is 2. The van der Waals surface area contributed by atoms with Crippen molar-refractivity contribution in [2.45, 2.75) is 26.4 Å². The Morgan fingerprint density at radius 2 is 1.93 bits per heavy atom. The Morgan fingerprint density at radius 3 is 2.57 bits per heavy atom. The fourth-order valence-corrected chi connectivity index (χ4v) is 2.97. The van der Waals surface area contributed by atoms with Crippen LogP contribution in [0.1, 0.15) is 25.8 Å². The average Bonchev–Trinajstić information content (AvgIpc) is 2.98. The lowest BCUT2D eigenvalue weighted by molar-refractivity contribution is -0.117. The number of methoxy groups -OCH3 is 1. The molecule has 2 amide bonds. The number of ether oxygens (including phenoxy) is 2. The summed E-state index contributed by atoms with van der Waals surface area (Å²) in [4.78, 5) is 25.0. The van der Waals surface area contributed by atoms with Crippen molar-refractivity contribution >= 4 is 35.2 Å². The summed E-state index contributed by atoms with van der Waals surface area (Å²) in [6, 6.07) is 12.2. The van der Waals surface area contributed by atoms with Crippen LogP contribution in [0.2, 0.25) is 5.02 Å². The van der Waals surface area contributed by atoms with Crippen molar-refractivity contribution < 1.29 is 19.1 Å². The largest absolute Gasteiger partial charge is 0.493 e. The molecular weight excluding hydrogens is 380 g/mol. The van der Waals surface area contributed by atoms with Gasteiger partial charge in [0.05, 0.1) is 23.9 Å². The van der Waals surface area contributed by atoms with Crippen LogP contribution in [-0.2, 0) is 9.59 Å². The Hall–Kier alpha value is -2.99. The summed E-state index contributed by atoms with van der Waals surface area (Å²) in [6.07, 6.45) is 2.27. The molecule has 1 saturated heterocycles. The van der Waals surface area contributed by atoms with Crippen molar-refractivity contribution in [1.29, 1.82) is 0 Å². The molecule has 1 aliphatic rings. The molecule has 0 spiro atoms. The molecule has 0 aliphatic carbocycles. The minimum atomic E-state index is -0.483. The van der Waals surface area contributed by atoms with Gasteiger partial charge in [-0.3, -0.25) is 15.0 Å². The minimum Gasteiger partial charge on any atom is -0.493 e. The predicted octanol–water partition coefficient (Wildman–Crippen LogP) is 3.99. The zero-order valence-electron chi connectivity index (χ0n) is 15.9. The van der Waals surface area contributed by atoms with Gasteiger partial charge in [-0.2, -0.15) is 0 Å². The second kappa shape index (κ2) is 8.35. The molecule has 2 aromatic rings. The third kappa shape index (κ3) is 3.97. The highest BCUT2D eigenvalue weighted by atomic mass is 35.5. The number of amides is 2. The molecule has 1 aliphatic heterocycles. The number of para-hydroxylation sites is 1. The highest BCUT2D eigenvalue weighted by Crippen LogP contribution is 2.38. The molecule has 3 rings (SSSR count). The van der Waals surface area contributed by atoms with Crippen LogP contribution >= 0.6 is 11.6 Å². The number of hydrogen-bond donors (Lipinski definition) is 1. The molecule has 0 aromatic heterocycles. The SMILES string of the molecule is CCC(C)Oc1c(Cl)cc(C=C2C(=O)NN(c3ccccc3)C2=O)cc1OC. The molecule has 6 nitrogen and oxygen atoms in total. The number of hydrazine groups is 1. The number of nitrogens with zero attached hydrogens (tertiary/aromatic N) is 1. The van der Waals surface area contributed by atoms with Gasteiger partial charge in [0.25, 0.3) is 11.8 Å². The van der Waals surface area contributed by atoms with Crippen LogP contribution in [0.25, 0.3) is 6.08 Å². The second-order valence-electron chi connectivity index (χ2n) is 6.35. The normalized spacial score (nSPS) is 16.3. The number of rotatable bonds is 6. The van der Waals surface area contributed by atoms with E-state index in [1.807, 2.05) is 19.9 Å². The number of nitrogens with one attached hydrogen (secondary N) is 1. The first-order chi connectivity index (χ1) is 13.4. The second-order valence-corrected chi connectivity index (χ2v) is 6.75. The standard InChI is InChI=1S/C21H21ClN2O4/c1-4-13(2)28-19-17(22)11-14(12-18(19)27-3)10-16-20(25)23-24(21(16)26)15-8-6-5-7-9-15/h5-13H,4H2,1-3H3,(H,23,25). The highest BCUT2D eigenvalue weighted by Gasteiger charge is 2.34. The summed E-state index contributed by atoms with van der Waals surface area (Å²) >= 11 is 6.37. The smallest absolute Gasteiger partial charge is 0.282 e. The van der Waals surface area contributed by atoms with E-state index in [9.17, 15) is 9.59 Å². The Kier molecular flexibility index (Phi) is 5.90. The molecule has 2 aromatic carbocycles. The van der Waals surface area contributed by atoms with Crippen molar-refractivity contribution in [3.05, 3.63) is 58.6 Å². The summed E-state index contributed by atoms with van der Waals surface area (Å²) in [5.74, 6) is -0.0470. The van der Waals surface area contributed by atoms with Gasteiger partial charge in [0, 0.05) is 0 Å². The van der Waals surface area contributed by atoms with Crippen molar-refractivity contribution in [1.82, 2.24) is 5.43 Å². The van der Waals surface area contributed by atoms with Crippen LogP contribution in [-0.4, -0.2) is 25.0 Å². The van der Waals surface area contributed by atoms with Crippen LogP contribution < -0.4 is 19.9 Å². The van der Waals surface area contributed by atoms with Gasteiger partial charge >= 0.3 is 0 Å². The predicted molar refractivity (Wildman–Crippen MR) is 108 cm³/mol. The van der Waals surface area contributed by atoms with E-state index in [1.165, 1.54) is 18.2 Å². The van der Waals surface area contributed by atoms with E-state index < -0.39 is 11.8 Å². The quantitative estimate of drug-likeness (QED) is 0.588. The van der Waals surface area contributed by atoms with Crippen molar-refractivity contribution in [3.8, 4) is 11.5 Å². The molecule has 1 atom stereocenters. The number of anilines is 1. The monoisotopic (exact) mass is 400 g/mol. The van der Waals surface area contributed by atoms with E-state index in [0.717, 1.165) is 6.42 Å². The lowest BCUT2D eigenvalue weighted by Crippen LogP contribution is -2.35. The lowest BCUT2D eigenvalue weighted by Gasteiger charge is -2.17. The van der Waals surface area contributed by atoms with Gasteiger partial charge in [-0.25, -0.2) is 5.01 Å². The number of halogens is 1. The molecule has 28 heavy (non-hydrogen) atoms. The lowest BCUT2D eigenvalue weighted by atomic mass is 10.1. The van der Waals surface area contributed by atoms with Crippen molar-refractivity contribution in [3.63, 3.8) is 0 Å². The maximum atomic E-state index is 12.7. The molecule has 1 heterocycles. The molecule has 0 radical (unpaired) electrons. The first-order valence-corrected chi connectivity index (χ1v) is 9.28. The third-order valence-electron chi connectivity index (χ3n) is 4.36. The van der Waals surface area contributed by atoms with Crippen LogP contribution in [0.3, 0.4) is 0 Å². The number of benzene rings is 2. The summed E-state index contributed by atoms with van der Waals surface area (Å²) in [5, 5.41) is 1.56. The maximum Gasteiger partial charge on any atom is 0.282 e. The van der Waals surface area contributed by atoms with Gasteiger partial charge in [-0.05, 0) is 49.2 Å². The van der Waals surface area contributed by atoms with Gasteiger partial charge in [0.2, 0.25) is 0 Å². The summed E-state index contributed by atoms with van der Waals surface area (Å²) in [6.45, 7) is 3.94. The van der Waals surface area contributed by atoms with Gasteiger partial charge in [0.1, 0.15) is 5.57 Å². The van der Waals surface area contributed by atoms with Crippen LogP contribution in [0.15, 0.2) is 48.0 Å². The van der Waals surface area contributed by atoms with E-state index in [4.69, 9.17) is 21.1 Å².